The van der Waals surface area contributed by atoms with Gasteiger partial charge in [0.15, 0.2) is 0 Å². The first-order valence-corrected chi connectivity index (χ1v) is 9.14. The quantitative estimate of drug-likeness (QED) is 0.239. The van der Waals surface area contributed by atoms with E-state index >= 15 is 0 Å². The Morgan fingerprint density at radius 1 is 0.826 bits per heavy atom. The minimum atomic E-state index is -1.06. The van der Waals surface area contributed by atoms with Crippen molar-refractivity contribution in [2.24, 2.45) is 0 Å². The summed E-state index contributed by atoms with van der Waals surface area (Å²) in [5, 5.41) is 8.55. The van der Waals surface area contributed by atoms with Crippen LogP contribution in [0.4, 0.5) is 0 Å². The van der Waals surface area contributed by atoms with Gasteiger partial charge >= 0.3 is 11.9 Å². The fourth-order valence-electron chi connectivity index (χ4n) is 2.46. The number of rotatable bonds is 16. The molecule has 0 aromatic rings. The Hall–Kier alpha value is -1.32. The first kappa shape index (κ1) is 21.7. The maximum absolute atomic E-state index is 11.4. The van der Waals surface area contributed by atoms with E-state index in [0.717, 1.165) is 12.8 Å². The molecule has 0 bridgehead atoms. The number of carboxylic acids is 1. The standard InChI is InChI=1S/C19H34O4/c1-3-4-5-6-7-8-9-10-11-12-13-14-15-23-19(22)17(2)16-18(20)21/h2-16H2,1H3,(H,20,21). The van der Waals surface area contributed by atoms with E-state index in [4.69, 9.17) is 9.84 Å². The monoisotopic (exact) mass is 326 g/mol. The van der Waals surface area contributed by atoms with Crippen molar-refractivity contribution < 1.29 is 19.4 Å². The summed E-state index contributed by atoms with van der Waals surface area (Å²) in [6.45, 7) is 6.02. The molecule has 0 heterocycles. The van der Waals surface area contributed by atoms with Crippen LogP contribution in [0.3, 0.4) is 0 Å². The fourth-order valence-corrected chi connectivity index (χ4v) is 2.46. The highest BCUT2D eigenvalue weighted by molar-refractivity contribution is 5.92. The predicted molar refractivity (Wildman–Crippen MR) is 93.4 cm³/mol. The van der Waals surface area contributed by atoms with Crippen LogP contribution in [0.15, 0.2) is 12.2 Å². The largest absolute Gasteiger partial charge is 0.481 e. The van der Waals surface area contributed by atoms with Crippen LogP contribution in [0.1, 0.15) is 90.4 Å². The Bertz CT molecular complexity index is 336. The van der Waals surface area contributed by atoms with Crippen LogP contribution < -0.4 is 0 Å². The van der Waals surface area contributed by atoms with Crippen molar-refractivity contribution >= 4 is 11.9 Å². The summed E-state index contributed by atoms with van der Waals surface area (Å²) in [5.41, 5.74) is 0.0106. The Labute approximate surface area is 141 Å². The van der Waals surface area contributed by atoms with Crippen molar-refractivity contribution in [1.82, 2.24) is 0 Å². The van der Waals surface area contributed by atoms with E-state index in [-0.39, 0.29) is 12.0 Å². The predicted octanol–water partition coefficient (Wildman–Crippen LogP) is 5.26. The van der Waals surface area contributed by atoms with Crippen LogP contribution >= 0.6 is 0 Å². The molecule has 0 saturated heterocycles. The molecule has 134 valence electrons. The number of unbranched alkanes of at least 4 members (excludes halogenated alkanes) is 11. The van der Waals surface area contributed by atoms with Crippen LogP contribution in [-0.2, 0) is 14.3 Å². The van der Waals surface area contributed by atoms with Gasteiger partial charge in [-0.05, 0) is 6.42 Å². The van der Waals surface area contributed by atoms with E-state index in [1.165, 1.54) is 64.2 Å². The zero-order valence-corrected chi connectivity index (χ0v) is 14.8. The normalized spacial score (nSPS) is 10.5. The summed E-state index contributed by atoms with van der Waals surface area (Å²) in [6, 6.07) is 0. The number of hydrogen-bond donors (Lipinski definition) is 1. The Balaban J connectivity index is 3.26. The van der Waals surface area contributed by atoms with Gasteiger partial charge < -0.3 is 9.84 Å². The van der Waals surface area contributed by atoms with Crippen molar-refractivity contribution in [3.05, 3.63) is 12.2 Å². The van der Waals surface area contributed by atoms with Gasteiger partial charge in [-0.15, -0.1) is 0 Å². The third-order valence-electron chi connectivity index (χ3n) is 3.88. The fraction of sp³-hybridized carbons (Fsp3) is 0.789. The van der Waals surface area contributed by atoms with Crippen molar-refractivity contribution in [3.63, 3.8) is 0 Å². The summed E-state index contributed by atoms with van der Waals surface area (Å²) in [6.07, 6.45) is 14.7. The third kappa shape index (κ3) is 15.4. The third-order valence-corrected chi connectivity index (χ3v) is 3.88. The summed E-state index contributed by atoms with van der Waals surface area (Å²) in [4.78, 5) is 21.8. The molecule has 1 N–H and O–H groups in total. The Morgan fingerprint density at radius 3 is 1.70 bits per heavy atom. The van der Waals surface area contributed by atoms with E-state index in [1.54, 1.807) is 0 Å². The molecular weight excluding hydrogens is 292 g/mol. The first-order chi connectivity index (χ1) is 11.1. The number of aliphatic carboxylic acids is 1. The number of esters is 1. The molecular formula is C19H34O4. The topological polar surface area (TPSA) is 63.6 Å². The number of carbonyl (C=O) groups is 2. The molecule has 4 nitrogen and oxygen atoms in total. The molecule has 0 aromatic carbocycles. The van der Waals surface area contributed by atoms with Crippen molar-refractivity contribution in [1.29, 1.82) is 0 Å². The maximum atomic E-state index is 11.4. The minimum absolute atomic E-state index is 0.0106. The molecule has 23 heavy (non-hydrogen) atoms. The van der Waals surface area contributed by atoms with E-state index in [9.17, 15) is 9.59 Å². The molecule has 0 aliphatic heterocycles. The van der Waals surface area contributed by atoms with Crippen molar-refractivity contribution in [2.75, 3.05) is 6.61 Å². The summed E-state index contributed by atoms with van der Waals surface area (Å²) in [7, 11) is 0. The molecule has 0 atom stereocenters. The van der Waals surface area contributed by atoms with Crippen LogP contribution in [0.25, 0.3) is 0 Å². The molecule has 0 rings (SSSR count). The SMILES string of the molecule is C=C(CC(=O)O)C(=O)OCCCCCCCCCCCCCC. The number of carboxylic acid groups (broad SMARTS) is 1. The molecule has 0 fully saturated rings. The average molecular weight is 326 g/mol. The second-order valence-corrected chi connectivity index (χ2v) is 6.20. The Kier molecular flexibility index (Phi) is 14.7. The molecule has 0 unspecified atom stereocenters. The summed E-state index contributed by atoms with van der Waals surface area (Å²) >= 11 is 0. The molecule has 0 amide bonds. The van der Waals surface area contributed by atoms with Gasteiger partial charge in [-0.1, -0.05) is 84.1 Å². The van der Waals surface area contributed by atoms with Gasteiger partial charge in [0.05, 0.1) is 13.0 Å². The van der Waals surface area contributed by atoms with E-state index in [0.29, 0.717) is 6.61 Å². The number of carbonyl (C=O) groups excluding carboxylic acids is 1. The lowest BCUT2D eigenvalue weighted by molar-refractivity contribution is -0.142. The minimum Gasteiger partial charge on any atom is -0.481 e. The zero-order valence-electron chi connectivity index (χ0n) is 14.8. The van der Waals surface area contributed by atoms with Gasteiger partial charge in [-0.25, -0.2) is 4.79 Å². The van der Waals surface area contributed by atoms with E-state index in [2.05, 4.69) is 13.5 Å². The highest BCUT2D eigenvalue weighted by Gasteiger charge is 2.11. The second-order valence-electron chi connectivity index (χ2n) is 6.20. The summed E-state index contributed by atoms with van der Waals surface area (Å²) in [5.74, 6) is -1.65. The second kappa shape index (κ2) is 15.6. The molecule has 0 aromatic heterocycles. The lowest BCUT2D eigenvalue weighted by Gasteiger charge is -2.06. The summed E-state index contributed by atoms with van der Waals surface area (Å²) < 4.78 is 4.99. The molecule has 0 aliphatic rings. The van der Waals surface area contributed by atoms with Gasteiger partial charge in [-0.2, -0.15) is 0 Å². The smallest absolute Gasteiger partial charge is 0.333 e. The van der Waals surface area contributed by atoms with Crippen molar-refractivity contribution in [2.45, 2.75) is 90.4 Å². The van der Waals surface area contributed by atoms with Gasteiger partial charge in [-0.3, -0.25) is 4.79 Å². The molecule has 0 spiro atoms. The lowest BCUT2D eigenvalue weighted by atomic mass is 10.1. The van der Waals surface area contributed by atoms with E-state index in [1.807, 2.05) is 0 Å². The van der Waals surface area contributed by atoms with Gasteiger partial charge in [0.25, 0.3) is 0 Å². The van der Waals surface area contributed by atoms with Crippen LogP contribution in [0.5, 0.6) is 0 Å². The zero-order chi connectivity index (χ0) is 17.3. The molecule has 4 heteroatoms. The lowest BCUT2D eigenvalue weighted by Crippen LogP contribution is -2.11. The van der Waals surface area contributed by atoms with Crippen molar-refractivity contribution in [3.8, 4) is 0 Å². The molecule has 0 aliphatic carbocycles. The van der Waals surface area contributed by atoms with Crippen LogP contribution in [-0.4, -0.2) is 23.7 Å². The van der Waals surface area contributed by atoms with Gasteiger partial charge in [0, 0.05) is 5.57 Å². The first-order valence-electron chi connectivity index (χ1n) is 9.14. The molecule has 0 saturated carbocycles. The van der Waals surface area contributed by atoms with E-state index < -0.39 is 11.9 Å². The maximum Gasteiger partial charge on any atom is 0.333 e. The van der Waals surface area contributed by atoms with Gasteiger partial charge in [0.1, 0.15) is 0 Å². The highest BCUT2D eigenvalue weighted by Crippen LogP contribution is 2.12. The van der Waals surface area contributed by atoms with Crippen LogP contribution in [0.2, 0.25) is 0 Å². The average Bonchev–Trinajstić information content (AvgIpc) is 2.51. The van der Waals surface area contributed by atoms with Crippen LogP contribution in [0, 0.1) is 0 Å². The van der Waals surface area contributed by atoms with Gasteiger partial charge in [0.2, 0.25) is 0 Å². The number of ether oxygens (including phenoxy) is 1. The Morgan fingerprint density at radius 2 is 1.26 bits per heavy atom. The highest BCUT2D eigenvalue weighted by atomic mass is 16.5. The molecule has 0 radical (unpaired) electrons. The number of hydrogen-bond acceptors (Lipinski definition) is 3.